The Bertz CT molecular complexity index is 1010. The van der Waals surface area contributed by atoms with Gasteiger partial charge < -0.3 is 0 Å². The first kappa shape index (κ1) is 12.0. The van der Waals surface area contributed by atoms with Crippen LogP contribution < -0.4 is 16.0 Å². The second-order valence-electron chi connectivity index (χ2n) is 5.27. The van der Waals surface area contributed by atoms with Gasteiger partial charge in [0.2, 0.25) is 5.91 Å². The van der Waals surface area contributed by atoms with Gasteiger partial charge in [-0.2, -0.15) is 0 Å². The Morgan fingerprint density at radius 2 is 1.57 bits per heavy atom. The fourth-order valence-corrected chi connectivity index (χ4v) is 3.15. The molecule has 4 heteroatoms. The number of hydrogen-bond donors (Lipinski definition) is 1. The molecule has 4 rings (SSSR count). The van der Waals surface area contributed by atoms with Crippen molar-refractivity contribution in [3.8, 4) is 0 Å². The van der Waals surface area contributed by atoms with Gasteiger partial charge in [0.1, 0.15) is 0 Å². The van der Waals surface area contributed by atoms with Gasteiger partial charge in [-0.3, -0.25) is 19.7 Å². The smallest absolute Gasteiger partial charge is 0.254 e. The summed E-state index contributed by atoms with van der Waals surface area (Å²) in [5, 5.41) is 6.07. The molecule has 0 spiro atoms. The zero-order valence-corrected chi connectivity index (χ0v) is 11.1. The Morgan fingerprint density at radius 3 is 2.29 bits per heavy atom. The predicted octanol–water partition coefficient (Wildman–Crippen LogP) is 1.10. The van der Waals surface area contributed by atoms with Crippen LogP contribution in [0.15, 0.2) is 41.2 Å². The van der Waals surface area contributed by atoms with Gasteiger partial charge in [-0.15, -0.1) is 0 Å². The van der Waals surface area contributed by atoms with Crippen molar-refractivity contribution in [2.75, 3.05) is 0 Å². The van der Waals surface area contributed by atoms with Crippen molar-refractivity contribution in [1.29, 1.82) is 0 Å². The highest BCUT2D eigenvalue weighted by atomic mass is 16.2. The van der Waals surface area contributed by atoms with Crippen molar-refractivity contribution in [1.82, 2.24) is 5.32 Å². The Hall–Kier alpha value is -2.75. The molecule has 0 bridgehead atoms. The van der Waals surface area contributed by atoms with Gasteiger partial charge in [-0.25, -0.2) is 0 Å². The number of rotatable bonds is 0. The molecule has 1 aliphatic heterocycles. The minimum Gasteiger partial charge on any atom is -0.293 e. The lowest BCUT2D eigenvalue weighted by atomic mass is 10.0. The topological polar surface area (TPSA) is 63.2 Å². The number of amides is 2. The lowest BCUT2D eigenvalue weighted by molar-refractivity contribution is -0.129. The maximum atomic E-state index is 12.7. The number of hydrogen-bond acceptors (Lipinski definition) is 3. The van der Waals surface area contributed by atoms with Gasteiger partial charge in [0.25, 0.3) is 5.91 Å². The van der Waals surface area contributed by atoms with Gasteiger partial charge >= 0.3 is 0 Å². The van der Waals surface area contributed by atoms with Crippen molar-refractivity contribution in [2.24, 2.45) is 0 Å². The lowest BCUT2D eigenvalue weighted by Gasteiger charge is -2.12. The maximum absolute atomic E-state index is 12.7. The van der Waals surface area contributed by atoms with Crippen LogP contribution in [0.1, 0.15) is 12.8 Å². The van der Waals surface area contributed by atoms with Gasteiger partial charge in [-0.05, 0) is 17.2 Å². The first-order chi connectivity index (χ1) is 10.2. The molecule has 0 aliphatic carbocycles. The molecule has 4 nitrogen and oxygen atoms in total. The highest BCUT2D eigenvalue weighted by Gasteiger charge is 2.24. The minimum atomic E-state index is -0.445. The molecule has 3 aromatic rings. The number of carbonyl (C=O) groups is 2. The molecule has 3 aromatic carbocycles. The van der Waals surface area contributed by atoms with Crippen LogP contribution in [0.3, 0.4) is 0 Å². The Balaban J connectivity index is 2.23. The molecule has 1 heterocycles. The summed E-state index contributed by atoms with van der Waals surface area (Å²) in [5.41, 5.74) is 0.296. The number of nitrogens with one attached hydrogen (secondary N) is 1. The summed E-state index contributed by atoms with van der Waals surface area (Å²) in [4.78, 5) is 36.0. The number of carbonyl (C=O) groups excluding carboxylic acids is 2. The highest BCUT2D eigenvalue weighted by Crippen LogP contribution is 2.24. The third-order valence-electron chi connectivity index (χ3n) is 4.08. The van der Waals surface area contributed by atoms with Crippen molar-refractivity contribution in [2.45, 2.75) is 12.8 Å². The molecule has 0 atom stereocenters. The quantitative estimate of drug-likeness (QED) is 0.626. The Labute approximate surface area is 119 Å². The lowest BCUT2D eigenvalue weighted by Crippen LogP contribution is -2.40. The highest BCUT2D eigenvalue weighted by molar-refractivity contribution is 6.24. The van der Waals surface area contributed by atoms with E-state index in [0.717, 1.165) is 16.2 Å². The standard InChI is InChI=1S/C17H11NO3/c19-13-8-7-12(17(21)18-13)15-10-5-1-3-9-4-2-6-11(14(9)10)16(15)20/h1-6H,7-8H2,(H,18,19,21)/b15-12+. The molecular formula is C17H11NO3. The van der Waals surface area contributed by atoms with Crippen LogP contribution in [0.5, 0.6) is 0 Å². The molecule has 1 aliphatic rings. The molecule has 0 radical (unpaired) electrons. The third kappa shape index (κ3) is 1.59. The summed E-state index contributed by atoms with van der Waals surface area (Å²) >= 11 is 0. The summed E-state index contributed by atoms with van der Waals surface area (Å²) < 4.78 is 0. The molecule has 102 valence electrons. The van der Waals surface area contributed by atoms with E-state index in [1.165, 1.54) is 0 Å². The van der Waals surface area contributed by atoms with Crippen molar-refractivity contribution < 1.29 is 9.59 Å². The van der Waals surface area contributed by atoms with E-state index >= 15 is 0 Å². The molecule has 1 fully saturated rings. The van der Waals surface area contributed by atoms with Gasteiger partial charge in [0, 0.05) is 28.0 Å². The van der Waals surface area contributed by atoms with Crippen LogP contribution in [-0.4, -0.2) is 11.8 Å². The Morgan fingerprint density at radius 1 is 0.857 bits per heavy atom. The normalized spacial score (nSPS) is 18.5. The molecule has 1 N–H and O–H groups in total. The van der Waals surface area contributed by atoms with E-state index in [9.17, 15) is 14.4 Å². The van der Waals surface area contributed by atoms with Crippen LogP contribution in [0.25, 0.3) is 27.1 Å². The van der Waals surface area contributed by atoms with Crippen LogP contribution >= 0.6 is 0 Å². The predicted molar refractivity (Wildman–Crippen MR) is 79.9 cm³/mol. The minimum absolute atomic E-state index is 0.124. The first-order valence-electron chi connectivity index (χ1n) is 6.81. The fraction of sp³-hybridized carbons (Fsp3) is 0.118. The molecular weight excluding hydrogens is 266 g/mol. The van der Waals surface area contributed by atoms with Gasteiger partial charge in [-0.1, -0.05) is 36.4 Å². The van der Waals surface area contributed by atoms with Gasteiger partial charge in [0.15, 0.2) is 5.43 Å². The summed E-state index contributed by atoms with van der Waals surface area (Å²) in [6.07, 6.45) is 0.556. The van der Waals surface area contributed by atoms with E-state index in [-0.39, 0.29) is 17.8 Å². The zero-order valence-electron chi connectivity index (χ0n) is 11.1. The first-order valence-corrected chi connectivity index (χ1v) is 6.81. The van der Waals surface area contributed by atoms with Crippen LogP contribution in [0.4, 0.5) is 0 Å². The third-order valence-corrected chi connectivity index (χ3v) is 4.08. The van der Waals surface area contributed by atoms with Crippen LogP contribution in [-0.2, 0) is 9.59 Å². The Kier molecular flexibility index (Phi) is 2.36. The SMILES string of the molecule is O=C1CC/C(=c2\c(=O)c3cccc4cccc2c43)C(=O)N1. The molecule has 1 saturated heterocycles. The largest absolute Gasteiger partial charge is 0.293 e. The zero-order chi connectivity index (χ0) is 14.6. The molecule has 21 heavy (non-hydrogen) atoms. The fourth-order valence-electron chi connectivity index (χ4n) is 3.15. The van der Waals surface area contributed by atoms with Crippen LogP contribution in [0, 0.1) is 0 Å². The second-order valence-corrected chi connectivity index (χ2v) is 5.27. The summed E-state index contributed by atoms with van der Waals surface area (Å²) in [5.74, 6) is -0.732. The summed E-state index contributed by atoms with van der Waals surface area (Å²) in [6, 6.07) is 11.3. The van der Waals surface area contributed by atoms with E-state index in [1.807, 2.05) is 30.3 Å². The molecule has 0 unspecified atom stereocenters. The van der Waals surface area contributed by atoms with E-state index < -0.39 is 5.91 Å². The molecule has 0 aromatic heterocycles. The second kappa shape index (κ2) is 4.12. The van der Waals surface area contributed by atoms with Crippen molar-refractivity contribution in [3.63, 3.8) is 0 Å². The average Bonchev–Trinajstić information content (AvgIpc) is 2.75. The maximum Gasteiger partial charge on any atom is 0.254 e. The van der Waals surface area contributed by atoms with E-state index in [2.05, 4.69) is 5.32 Å². The molecule has 0 saturated carbocycles. The van der Waals surface area contributed by atoms with E-state index in [1.54, 1.807) is 6.07 Å². The van der Waals surface area contributed by atoms with Gasteiger partial charge in [0.05, 0.1) is 0 Å². The summed E-state index contributed by atoms with van der Waals surface area (Å²) in [7, 11) is 0. The molecule has 2 amide bonds. The van der Waals surface area contributed by atoms with Crippen molar-refractivity contribution >= 4 is 38.9 Å². The monoisotopic (exact) mass is 277 g/mol. The van der Waals surface area contributed by atoms with Crippen LogP contribution in [0.2, 0.25) is 0 Å². The number of benzene rings is 2. The summed E-state index contributed by atoms with van der Waals surface area (Å²) in [6.45, 7) is 0. The average molecular weight is 277 g/mol. The van der Waals surface area contributed by atoms with E-state index in [4.69, 9.17) is 0 Å². The number of piperidine rings is 1. The van der Waals surface area contributed by atoms with Crippen molar-refractivity contribution in [3.05, 3.63) is 51.8 Å². The van der Waals surface area contributed by atoms with E-state index in [0.29, 0.717) is 22.6 Å². The number of imide groups is 1.